The summed E-state index contributed by atoms with van der Waals surface area (Å²) in [5.41, 5.74) is 1.14. The van der Waals surface area contributed by atoms with Gasteiger partial charge >= 0.3 is 0 Å². The molecule has 0 amide bonds. The van der Waals surface area contributed by atoms with E-state index >= 15 is 0 Å². The third-order valence-electron chi connectivity index (χ3n) is 3.53. The van der Waals surface area contributed by atoms with Gasteiger partial charge in [0.15, 0.2) is 0 Å². The van der Waals surface area contributed by atoms with Crippen molar-refractivity contribution in [3.8, 4) is 0 Å². The lowest BCUT2D eigenvalue weighted by molar-refractivity contribution is 0.485. The second-order valence-corrected chi connectivity index (χ2v) is 4.94. The Labute approximate surface area is 106 Å². The van der Waals surface area contributed by atoms with Crippen molar-refractivity contribution in [2.75, 3.05) is 24.5 Å². The molecule has 3 heteroatoms. The van der Waals surface area contributed by atoms with Crippen LogP contribution in [0.5, 0.6) is 0 Å². The Morgan fingerprint density at radius 3 is 3.00 bits per heavy atom. The number of hydrogen-bond donors (Lipinski definition) is 1. The second-order valence-electron chi connectivity index (χ2n) is 4.94. The molecule has 2 aromatic carbocycles. The number of nitrogens with one attached hydrogen (secondary N) is 1. The number of rotatable bonds is 1. The third-order valence-corrected chi connectivity index (χ3v) is 3.53. The number of halogens is 1. The van der Waals surface area contributed by atoms with Gasteiger partial charge in [0.2, 0.25) is 0 Å². The molecule has 0 aliphatic carbocycles. The number of benzene rings is 2. The molecule has 0 bridgehead atoms. The van der Waals surface area contributed by atoms with Crippen LogP contribution in [0, 0.1) is 5.82 Å². The summed E-state index contributed by atoms with van der Waals surface area (Å²) < 4.78 is 13.4. The predicted octanol–water partition coefficient (Wildman–Crippen LogP) is 2.78. The van der Waals surface area contributed by atoms with E-state index in [0.29, 0.717) is 6.04 Å². The highest BCUT2D eigenvalue weighted by Crippen LogP contribution is 2.28. The van der Waals surface area contributed by atoms with Crippen LogP contribution >= 0.6 is 0 Å². The van der Waals surface area contributed by atoms with Gasteiger partial charge < -0.3 is 10.2 Å². The highest BCUT2D eigenvalue weighted by atomic mass is 19.1. The summed E-state index contributed by atoms with van der Waals surface area (Å²) in [7, 11) is 0. The Hall–Kier alpha value is -1.61. The first-order chi connectivity index (χ1) is 8.74. The van der Waals surface area contributed by atoms with Crippen LogP contribution in [0.3, 0.4) is 0 Å². The van der Waals surface area contributed by atoms with E-state index in [2.05, 4.69) is 23.2 Å². The van der Waals surface area contributed by atoms with Gasteiger partial charge in [-0.2, -0.15) is 0 Å². The highest BCUT2D eigenvalue weighted by Gasteiger charge is 2.17. The van der Waals surface area contributed by atoms with Gasteiger partial charge in [-0.3, -0.25) is 0 Å². The molecule has 1 heterocycles. The largest absolute Gasteiger partial charge is 0.368 e. The zero-order chi connectivity index (χ0) is 12.5. The van der Waals surface area contributed by atoms with Crippen LogP contribution in [0.4, 0.5) is 10.1 Å². The van der Waals surface area contributed by atoms with Gasteiger partial charge in [0.25, 0.3) is 0 Å². The first-order valence-corrected chi connectivity index (χ1v) is 6.40. The number of piperazine rings is 1. The maximum absolute atomic E-state index is 13.4. The van der Waals surface area contributed by atoms with Gasteiger partial charge in [-0.25, -0.2) is 4.39 Å². The Balaban J connectivity index is 2.07. The normalized spacial score (nSPS) is 20.3. The molecule has 3 rings (SSSR count). The minimum Gasteiger partial charge on any atom is -0.368 e. The van der Waals surface area contributed by atoms with Crippen LogP contribution in [-0.4, -0.2) is 25.7 Å². The molecule has 0 aromatic heterocycles. The van der Waals surface area contributed by atoms with Crippen LogP contribution < -0.4 is 10.2 Å². The fraction of sp³-hybridized carbons (Fsp3) is 0.333. The molecule has 1 fully saturated rings. The van der Waals surface area contributed by atoms with E-state index in [4.69, 9.17) is 0 Å². The van der Waals surface area contributed by atoms with E-state index in [0.717, 1.165) is 36.1 Å². The average molecular weight is 244 g/mol. The zero-order valence-corrected chi connectivity index (χ0v) is 10.5. The van der Waals surface area contributed by atoms with Crippen LogP contribution in [-0.2, 0) is 0 Å². The maximum Gasteiger partial charge on any atom is 0.123 e. The molecule has 94 valence electrons. The molecule has 1 atom stereocenters. The summed E-state index contributed by atoms with van der Waals surface area (Å²) in [6.07, 6.45) is 0. The van der Waals surface area contributed by atoms with Crippen LogP contribution in [0.2, 0.25) is 0 Å². The summed E-state index contributed by atoms with van der Waals surface area (Å²) in [5, 5.41) is 5.53. The third kappa shape index (κ3) is 2.06. The SMILES string of the molecule is C[C@H]1CN(c2cccc3ccc(F)cc23)CCN1. The molecule has 18 heavy (non-hydrogen) atoms. The van der Waals surface area contributed by atoms with E-state index in [1.54, 1.807) is 6.07 Å². The van der Waals surface area contributed by atoms with Crippen molar-refractivity contribution in [1.29, 1.82) is 0 Å². The number of nitrogens with zero attached hydrogens (tertiary/aromatic N) is 1. The monoisotopic (exact) mass is 244 g/mol. The molecule has 0 saturated carbocycles. The zero-order valence-electron chi connectivity index (χ0n) is 10.5. The summed E-state index contributed by atoms with van der Waals surface area (Å²) in [6, 6.07) is 11.6. The van der Waals surface area contributed by atoms with Gasteiger partial charge in [0, 0.05) is 36.7 Å². The first-order valence-electron chi connectivity index (χ1n) is 6.40. The topological polar surface area (TPSA) is 15.3 Å². The lowest BCUT2D eigenvalue weighted by atomic mass is 10.1. The first kappa shape index (κ1) is 11.5. The Kier molecular flexibility index (Phi) is 2.92. The van der Waals surface area contributed by atoms with E-state index in [1.165, 1.54) is 6.07 Å². The lowest BCUT2D eigenvalue weighted by Gasteiger charge is -2.34. The van der Waals surface area contributed by atoms with Crippen molar-refractivity contribution >= 4 is 16.5 Å². The van der Waals surface area contributed by atoms with Crippen molar-refractivity contribution in [3.05, 3.63) is 42.2 Å². The van der Waals surface area contributed by atoms with Crippen molar-refractivity contribution in [2.24, 2.45) is 0 Å². The molecule has 1 N–H and O–H groups in total. The molecule has 2 nitrogen and oxygen atoms in total. The van der Waals surface area contributed by atoms with Gasteiger partial charge in [-0.1, -0.05) is 18.2 Å². The molecular formula is C15H17FN2. The van der Waals surface area contributed by atoms with Gasteiger partial charge in [0.05, 0.1) is 0 Å². The second kappa shape index (κ2) is 4.58. The summed E-state index contributed by atoms with van der Waals surface area (Å²) in [4.78, 5) is 2.34. The number of anilines is 1. The van der Waals surface area contributed by atoms with E-state index in [9.17, 15) is 4.39 Å². The lowest BCUT2D eigenvalue weighted by Crippen LogP contribution is -2.49. The summed E-state index contributed by atoms with van der Waals surface area (Å²) in [6.45, 7) is 5.10. The molecule has 0 spiro atoms. The molecular weight excluding hydrogens is 227 g/mol. The molecule has 0 unspecified atom stereocenters. The Bertz CT molecular complexity index is 567. The molecule has 1 aliphatic rings. The van der Waals surface area contributed by atoms with E-state index in [-0.39, 0.29) is 5.82 Å². The van der Waals surface area contributed by atoms with Crippen molar-refractivity contribution in [1.82, 2.24) is 5.32 Å². The highest BCUT2D eigenvalue weighted by molar-refractivity contribution is 5.94. The van der Waals surface area contributed by atoms with Crippen molar-refractivity contribution < 1.29 is 4.39 Å². The Morgan fingerprint density at radius 1 is 1.28 bits per heavy atom. The van der Waals surface area contributed by atoms with Gasteiger partial charge in [-0.15, -0.1) is 0 Å². The van der Waals surface area contributed by atoms with Gasteiger partial charge in [-0.05, 0) is 30.5 Å². The van der Waals surface area contributed by atoms with Crippen LogP contribution in [0.15, 0.2) is 36.4 Å². The fourth-order valence-corrected chi connectivity index (χ4v) is 2.66. The smallest absolute Gasteiger partial charge is 0.123 e. The molecule has 0 radical (unpaired) electrons. The molecule has 1 saturated heterocycles. The standard InChI is InChI=1S/C15H17FN2/c1-11-10-18(8-7-17-11)15-4-2-3-12-5-6-13(16)9-14(12)15/h2-6,9,11,17H,7-8,10H2,1H3/t11-/m0/s1. The maximum atomic E-state index is 13.4. The average Bonchev–Trinajstić information content (AvgIpc) is 2.38. The van der Waals surface area contributed by atoms with Crippen LogP contribution in [0.25, 0.3) is 10.8 Å². The Morgan fingerprint density at radius 2 is 2.17 bits per heavy atom. The summed E-state index contributed by atoms with van der Waals surface area (Å²) >= 11 is 0. The fourth-order valence-electron chi connectivity index (χ4n) is 2.66. The number of fused-ring (bicyclic) bond motifs is 1. The van der Waals surface area contributed by atoms with Gasteiger partial charge in [0.1, 0.15) is 5.82 Å². The predicted molar refractivity (Wildman–Crippen MR) is 73.6 cm³/mol. The quantitative estimate of drug-likeness (QED) is 0.829. The minimum absolute atomic E-state index is 0.168. The minimum atomic E-state index is -0.168. The summed E-state index contributed by atoms with van der Waals surface area (Å²) in [5.74, 6) is -0.168. The number of hydrogen-bond acceptors (Lipinski definition) is 2. The van der Waals surface area contributed by atoms with Crippen LogP contribution in [0.1, 0.15) is 6.92 Å². The van der Waals surface area contributed by atoms with E-state index in [1.807, 2.05) is 18.2 Å². The molecule has 2 aromatic rings. The van der Waals surface area contributed by atoms with Crippen molar-refractivity contribution in [3.63, 3.8) is 0 Å². The van der Waals surface area contributed by atoms with E-state index < -0.39 is 0 Å². The molecule has 1 aliphatic heterocycles. The van der Waals surface area contributed by atoms with Crippen molar-refractivity contribution in [2.45, 2.75) is 13.0 Å².